The van der Waals surface area contributed by atoms with E-state index in [1.165, 1.54) is 30.3 Å². The van der Waals surface area contributed by atoms with Crippen LogP contribution in [0.15, 0.2) is 46.2 Å². The monoisotopic (exact) mass is 332 g/mol. The zero-order valence-electron chi connectivity index (χ0n) is 10.7. The van der Waals surface area contributed by atoms with Gasteiger partial charge in [-0.3, -0.25) is 0 Å². The van der Waals surface area contributed by atoms with Gasteiger partial charge >= 0.3 is 59.1 Å². The Balaban J connectivity index is 0.00000180. The van der Waals surface area contributed by atoms with Gasteiger partial charge in [0.05, 0.1) is 9.79 Å². The second-order valence-corrected chi connectivity index (χ2v) is 6.22. The van der Waals surface area contributed by atoms with Crippen LogP contribution in [0, 0.1) is 0 Å². The molecule has 0 unspecified atom stereocenters. The van der Waals surface area contributed by atoms with Crippen LogP contribution >= 0.6 is 0 Å². The second kappa shape index (κ2) is 7.19. The molecule has 2 rings (SSSR count). The first-order chi connectivity index (χ1) is 8.21. The Morgan fingerprint density at radius 2 is 1.05 bits per heavy atom. The van der Waals surface area contributed by atoms with Gasteiger partial charge in [0.15, 0.2) is 0 Å². The first-order valence-electron chi connectivity index (χ1n) is 4.65. The van der Waals surface area contributed by atoms with Crippen molar-refractivity contribution in [3.8, 4) is 11.1 Å². The molecular weight excluding hydrogens is 326 g/mol. The van der Waals surface area contributed by atoms with Crippen LogP contribution in [0.4, 0.5) is 0 Å². The SMILES string of the molecule is O=S(=O)([O-])c1cc(S(=O)(=O)[O-])c2cccccc1-2.[Na+].[Na+]. The molecule has 2 aliphatic rings. The van der Waals surface area contributed by atoms with E-state index in [0.29, 0.717) is 6.07 Å². The molecule has 0 atom stereocenters. The number of rotatable bonds is 2. The van der Waals surface area contributed by atoms with Gasteiger partial charge in [-0.25, -0.2) is 16.8 Å². The molecule has 2 aliphatic carbocycles. The van der Waals surface area contributed by atoms with Gasteiger partial charge in [-0.05, 0) is 6.07 Å². The summed E-state index contributed by atoms with van der Waals surface area (Å²) in [6.45, 7) is 0. The summed E-state index contributed by atoms with van der Waals surface area (Å²) in [6, 6.07) is 7.55. The maximum absolute atomic E-state index is 11.0. The predicted molar refractivity (Wildman–Crippen MR) is 59.0 cm³/mol. The standard InChI is InChI=1S/C10H8O6S2.2Na/c11-17(12,13)9-6-10(18(14,15)16)8-5-3-1-2-4-7(8)9;;/h1-6H,(H,11,12,13)(H,14,15,16);;/q;2*+1/p-2. The van der Waals surface area contributed by atoms with Gasteiger partial charge in [0.1, 0.15) is 20.2 Å². The normalized spacial score (nSPS) is 11.5. The first kappa shape index (κ1) is 20.5. The van der Waals surface area contributed by atoms with Crippen molar-refractivity contribution in [1.29, 1.82) is 0 Å². The van der Waals surface area contributed by atoms with E-state index in [9.17, 15) is 25.9 Å². The molecule has 0 bridgehead atoms. The molecule has 0 spiro atoms. The zero-order valence-corrected chi connectivity index (χ0v) is 16.4. The zero-order chi connectivity index (χ0) is 13.6. The molecular formula is C10H6Na2O6S2. The summed E-state index contributed by atoms with van der Waals surface area (Å²) in [7, 11) is -9.70. The van der Waals surface area contributed by atoms with Crippen LogP contribution in [-0.4, -0.2) is 25.9 Å². The number of hydrogen-bond acceptors (Lipinski definition) is 6. The molecule has 0 radical (unpaired) electrons. The van der Waals surface area contributed by atoms with Gasteiger partial charge in [-0.2, -0.15) is 0 Å². The van der Waals surface area contributed by atoms with Gasteiger partial charge in [0.25, 0.3) is 0 Å². The molecule has 0 amide bonds. The van der Waals surface area contributed by atoms with E-state index in [4.69, 9.17) is 0 Å². The Bertz CT molecular complexity index is 722. The Labute approximate surface area is 161 Å². The van der Waals surface area contributed by atoms with Gasteiger partial charge in [-0.15, -0.1) is 0 Å². The quantitative estimate of drug-likeness (QED) is 0.401. The van der Waals surface area contributed by atoms with E-state index in [1.54, 1.807) is 0 Å². The molecule has 0 N–H and O–H groups in total. The number of fused-ring (bicyclic) bond motifs is 1. The van der Waals surface area contributed by atoms with Crippen molar-refractivity contribution in [3.05, 3.63) is 36.4 Å². The van der Waals surface area contributed by atoms with Crippen LogP contribution < -0.4 is 59.1 Å². The van der Waals surface area contributed by atoms with Crippen LogP contribution in [-0.2, 0) is 20.2 Å². The van der Waals surface area contributed by atoms with E-state index in [1.807, 2.05) is 0 Å². The average molecular weight is 332 g/mol. The van der Waals surface area contributed by atoms with Crippen molar-refractivity contribution < 1.29 is 85.1 Å². The topological polar surface area (TPSA) is 114 Å². The van der Waals surface area contributed by atoms with E-state index in [0.717, 1.165) is 0 Å². The third-order valence-corrected chi connectivity index (χ3v) is 4.12. The van der Waals surface area contributed by atoms with Crippen LogP contribution in [0.25, 0.3) is 11.1 Å². The fourth-order valence-electron chi connectivity index (χ4n) is 1.67. The molecule has 0 saturated carbocycles. The van der Waals surface area contributed by atoms with Crippen LogP contribution in [0.1, 0.15) is 0 Å². The summed E-state index contributed by atoms with van der Waals surface area (Å²) in [6.07, 6.45) is 0. The largest absolute Gasteiger partial charge is 1.00 e. The molecule has 6 nitrogen and oxygen atoms in total. The van der Waals surface area contributed by atoms with E-state index in [2.05, 4.69) is 0 Å². The molecule has 20 heavy (non-hydrogen) atoms. The van der Waals surface area contributed by atoms with Crippen molar-refractivity contribution in [1.82, 2.24) is 0 Å². The maximum Gasteiger partial charge on any atom is 1.00 e. The van der Waals surface area contributed by atoms with Crippen molar-refractivity contribution >= 4 is 20.2 Å². The molecule has 0 aromatic carbocycles. The molecule has 0 saturated heterocycles. The molecule has 0 heterocycles. The minimum atomic E-state index is -4.85. The van der Waals surface area contributed by atoms with Crippen molar-refractivity contribution in [2.24, 2.45) is 0 Å². The van der Waals surface area contributed by atoms with Crippen LogP contribution in [0.3, 0.4) is 0 Å². The third-order valence-electron chi connectivity index (χ3n) is 2.37. The van der Waals surface area contributed by atoms with E-state index < -0.39 is 30.0 Å². The molecule has 0 aliphatic heterocycles. The fraction of sp³-hybridized carbons (Fsp3) is 0. The summed E-state index contributed by atoms with van der Waals surface area (Å²) in [5.74, 6) is 0. The molecule has 0 aromatic heterocycles. The first-order valence-corrected chi connectivity index (χ1v) is 7.46. The summed E-state index contributed by atoms with van der Waals surface area (Å²) in [5.41, 5.74) is -0.158. The molecule has 0 fully saturated rings. The van der Waals surface area contributed by atoms with Gasteiger partial charge in [-0.1, -0.05) is 30.3 Å². The van der Waals surface area contributed by atoms with Crippen molar-refractivity contribution in [3.63, 3.8) is 0 Å². The Morgan fingerprint density at radius 1 is 0.700 bits per heavy atom. The smallest absolute Gasteiger partial charge is 0.744 e. The van der Waals surface area contributed by atoms with Crippen LogP contribution in [0.5, 0.6) is 0 Å². The second-order valence-electron chi connectivity index (χ2n) is 3.52. The summed E-state index contributed by atoms with van der Waals surface area (Å²) in [4.78, 5) is -1.41. The van der Waals surface area contributed by atoms with Crippen LogP contribution in [0.2, 0.25) is 0 Å². The molecule has 0 aromatic rings. The summed E-state index contributed by atoms with van der Waals surface area (Å²) in [5, 5.41) is 0. The third kappa shape index (κ3) is 4.26. The minimum absolute atomic E-state index is 0. The molecule has 10 heteroatoms. The predicted octanol–water partition coefficient (Wildman–Crippen LogP) is -5.39. The minimum Gasteiger partial charge on any atom is -0.744 e. The Morgan fingerprint density at radius 3 is 1.35 bits per heavy atom. The van der Waals surface area contributed by atoms with Gasteiger partial charge < -0.3 is 9.11 Å². The Kier molecular flexibility index (Phi) is 7.37. The van der Waals surface area contributed by atoms with Crippen molar-refractivity contribution in [2.75, 3.05) is 0 Å². The Hall–Kier alpha value is 0.520. The summed E-state index contributed by atoms with van der Waals surface area (Å²) < 4.78 is 66.2. The summed E-state index contributed by atoms with van der Waals surface area (Å²) >= 11 is 0. The van der Waals surface area contributed by atoms with Gasteiger partial charge in [0.2, 0.25) is 0 Å². The molecule has 96 valence electrons. The van der Waals surface area contributed by atoms with Gasteiger partial charge in [0, 0.05) is 11.1 Å². The van der Waals surface area contributed by atoms with E-state index >= 15 is 0 Å². The average Bonchev–Trinajstić information content (AvgIpc) is 2.42. The van der Waals surface area contributed by atoms with E-state index in [-0.39, 0.29) is 70.2 Å². The number of hydrogen-bond donors (Lipinski definition) is 0. The van der Waals surface area contributed by atoms with Crippen molar-refractivity contribution in [2.45, 2.75) is 9.79 Å². The maximum atomic E-state index is 11.0. The fourth-order valence-corrected chi connectivity index (χ4v) is 3.16.